The third-order valence-electron chi connectivity index (χ3n) is 1.77. The van der Waals surface area contributed by atoms with Crippen LogP contribution >= 0.6 is 0 Å². The zero-order valence-corrected chi connectivity index (χ0v) is 10.1. The van der Waals surface area contributed by atoms with E-state index in [2.05, 4.69) is 4.40 Å². The summed E-state index contributed by atoms with van der Waals surface area (Å²) in [5, 5.41) is 0. The van der Waals surface area contributed by atoms with Gasteiger partial charge in [-0.05, 0) is 32.9 Å². The zero-order valence-electron chi connectivity index (χ0n) is 9.33. The molecule has 0 radical (unpaired) electrons. The van der Waals surface area contributed by atoms with Crippen LogP contribution in [0.2, 0.25) is 0 Å². The first-order valence-electron chi connectivity index (χ1n) is 4.72. The van der Waals surface area contributed by atoms with Crippen LogP contribution in [0.25, 0.3) is 0 Å². The topological polar surface area (TPSA) is 29.4 Å². The number of benzene rings is 1. The second-order valence-electron chi connectivity index (χ2n) is 4.26. The molecule has 0 heterocycles. The number of hydrogen-bond donors (Lipinski definition) is 0. The molecular formula is C11H13F2NOS. The molecule has 1 atom stereocenters. The Morgan fingerprint density at radius 2 is 1.94 bits per heavy atom. The molecule has 1 rings (SSSR count). The summed E-state index contributed by atoms with van der Waals surface area (Å²) in [5.74, 6) is -1.36. The van der Waals surface area contributed by atoms with Gasteiger partial charge in [0.05, 0.1) is 4.75 Å². The van der Waals surface area contributed by atoms with Crippen LogP contribution in [-0.4, -0.2) is 15.2 Å². The molecule has 1 aromatic carbocycles. The van der Waals surface area contributed by atoms with Gasteiger partial charge in [-0.15, -0.1) is 0 Å². The first-order chi connectivity index (χ1) is 7.30. The van der Waals surface area contributed by atoms with Crippen molar-refractivity contribution in [3.05, 3.63) is 35.4 Å². The van der Waals surface area contributed by atoms with E-state index in [1.165, 1.54) is 6.07 Å². The van der Waals surface area contributed by atoms with Crippen molar-refractivity contribution in [2.45, 2.75) is 25.5 Å². The van der Waals surface area contributed by atoms with Crippen LogP contribution in [0.5, 0.6) is 0 Å². The van der Waals surface area contributed by atoms with Gasteiger partial charge < -0.3 is 0 Å². The van der Waals surface area contributed by atoms with Crippen molar-refractivity contribution < 1.29 is 13.0 Å². The normalized spacial score (nSPS) is 14.3. The van der Waals surface area contributed by atoms with E-state index in [-0.39, 0.29) is 5.56 Å². The Bertz CT molecular complexity index is 438. The number of halogens is 2. The van der Waals surface area contributed by atoms with Gasteiger partial charge in [0.1, 0.15) is 22.6 Å². The molecule has 0 aromatic heterocycles. The van der Waals surface area contributed by atoms with E-state index in [4.69, 9.17) is 0 Å². The molecule has 0 N–H and O–H groups in total. The monoisotopic (exact) mass is 245 g/mol. The van der Waals surface area contributed by atoms with Crippen molar-refractivity contribution in [3.8, 4) is 0 Å². The summed E-state index contributed by atoms with van der Waals surface area (Å²) < 4.78 is 40.5. The summed E-state index contributed by atoms with van der Waals surface area (Å²) in [5.41, 5.74) is 0.124. The van der Waals surface area contributed by atoms with Gasteiger partial charge in [0.25, 0.3) is 0 Å². The lowest BCUT2D eigenvalue weighted by molar-refractivity contribution is 0.582. The Balaban J connectivity index is 2.89. The largest absolute Gasteiger partial charge is 0.234 e. The van der Waals surface area contributed by atoms with E-state index in [1.54, 1.807) is 20.8 Å². The van der Waals surface area contributed by atoms with Crippen LogP contribution in [-0.2, 0) is 11.0 Å². The summed E-state index contributed by atoms with van der Waals surface area (Å²) in [6.45, 7) is 5.30. The van der Waals surface area contributed by atoms with Crippen molar-refractivity contribution >= 4 is 17.2 Å². The molecule has 0 fully saturated rings. The van der Waals surface area contributed by atoms with Gasteiger partial charge >= 0.3 is 0 Å². The number of hydrogen-bond acceptors (Lipinski definition) is 1. The molecule has 0 bridgehead atoms. The molecule has 2 nitrogen and oxygen atoms in total. The summed E-state index contributed by atoms with van der Waals surface area (Å²) in [4.78, 5) is 0. The lowest BCUT2D eigenvalue weighted by Gasteiger charge is -2.12. The van der Waals surface area contributed by atoms with E-state index in [1.807, 2.05) is 0 Å². The Labute approximate surface area is 96.0 Å². The number of nitrogens with zero attached hydrogens (tertiary/aromatic N) is 1. The Morgan fingerprint density at radius 1 is 1.31 bits per heavy atom. The van der Waals surface area contributed by atoms with Gasteiger partial charge in [-0.2, -0.15) is 4.40 Å². The van der Waals surface area contributed by atoms with E-state index in [9.17, 15) is 13.0 Å². The van der Waals surface area contributed by atoms with Crippen LogP contribution in [0.3, 0.4) is 0 Å². The highest BCUT2D eigenvalue weighted by Crippen LogP contribution is 2.13. The lowest BCUT2D eigenvalue weighted by Crippen LogP contribution is -2.19. The van der Waals surface area contributed by atoms with Gasteiger partial charge in [0, 0.05) is 17.8 Å². The minimum atomic E-state index is -1.44. The Kier molecular flexibility index (Phi) is 3.91. The van der Waals surface area contributed by atoms with Crippen molar-refractivity contribution in [1.82, 2.24) is 0 Å². The summed E-state index contributed by atoms with van der Waals surface area (Å²) >= 11 is 0. The van der Waals surface area contributed by atoms with Crippen molar-refractivity contribution in [2.75, 3.05) is 0 Å². The van der Waals surface area contributed by atoms with Crippen LogP contribution in [0, 0.1) is 11.6 Å². The molecule has 1 aromatic rings. The molecule has 0 saturated heterocycles. The highest BCUT2D eigenvalue weighted by molar-refractivity contribution is 7.85. The molecule has 16 heavy (non-hydrogen) atoms. The summed E-state index contributed by atoms with van der Waals surface area (Å²) in [7, 11) is -1.44. The quantitative estimate of drug-likeness (QED) is 0.737. The summed E-state index contributed by atoms with van der Waals surface area (Å²) in [6.07, 6.45) is 1.16. The smallest absolute Gasteiger partial charge is 0.144 e. The second kappa shape index (κ2) is 4.82. The molecule has 0 amide bonds. The lowest BCUT2D eigenvalue weighted by atomic mass is 10.2. The minimum Gasteiger partial charge on any atom is -0.234 e. The average Bonchev–Trinajstić information content (AvgIpc) is 2.14. The van der Waals surface area contributed by atoms with Crippen molar-refractivity contribution in [3.63, 3.8) is 0 Å². The Hall–Kier alpha value is -1.10. The van der Waals surface area contributed by atoms with Gasteiger partial charge in [-0.1, -0.05) is 0 Å². The number of rotatable bonds is 2. The van der Waals surface area contributed by atoms with Gasteiger partial charge in [0.15, 0.2) is 0 Å². The first kappa shape index (κ1) is 13.0. The van der Waals surface area contributed by atoms with Gasteiger partial charge in [-0.3, -0.25) is 0 Å². The average molecular weight is 245 g/mol. The SMILES string of the molecule is CC(C)(C)[S@](=O)N=Cc1ccc(F)cc1F. The summed E-state index contributed by atoms with van der Waals surface area (Å²) in [6, 6.07) is 3.15. The third kappa shape index (κ3) is 3.48. The van der Waals surface area contributed by atoms with Gasteiger partial charge in [-0.25, -0.2) is 13.0 Å². The molecule has 0 aliphatic rings. The third-order valence-corrected chi connectivity index (χ3v) is 3.12. The molecule has 0 aliphatic heterocycles. The van der Waals surface area contributed by atoms with Gasteiger partial charge in [0.2, 0.25) is 0 Å². The maximum Gasteiger partial charge on any atom is 0.144 e. The fourth-order valence-corrected chi connectivity index (χ4v) is 1.39. The zero-order chi connectivity index (χ0) is 12.3. The molecule has 0 unspecified atom stereocenters. The molecule has 5 heteroatoms. The van der Waals surface area contributed by atoms with Crippen LogP contribution in [0.15, 0.2) is 22.6 Å². The first-order valence-corrected chi connectivity index (χ1v) is 5.82. The Morgan fingerprint density at radius 3 is 2.44 bits per heavy atom. The highest BCUT2D eigenvalue weighted by Gasteiger charge is 2.18. The van der Waals surface area contributed by atoms with E-state index in [0.29, 0.717) is 0 Å². The maximum atomic E-state index is 13.2. The predicted octanol–water partition coefficient (Wildman–Crippen LogP) is 2.85. The molecule has 0 aliphatic carbocycles. The maximum absolute atomic E-state index is 13.2. The van der Waals surface area contributed by atoms with E-state index >= 15 is 0 Å². The molecule has 88 valence electrons. The van der Waals surface area contributed by atoms with Crippen molar-refractivity contribution in [1.29, 1.82) is 0 Å². The molecule has 0 spiro atoms. The van der Waals surface area contributed by atoms with E-state index in [0.717, 1.165) is 18.3 Å². The molecule has 0 saturated carbocycles. The van der Waals surface area contributed by atoms with Crippen LogP contribution in [0.1, 0.15) is 26.3 Å². The fourth-order valence-electron chi connectivity index (χ4n) is 0.869. The molecular weight excluding hydrogens is 232 g/mol. The predicted molar refractivity (Wildman–Crippen MR) is 61.8 cm³/mol. The van der Waals surface area contributed by atoms with Crippen molar-refractivity contribution in [2.24, 2.45) is 4.40 Å². The minimum absolute atomic E-state index is 0.124. The standard InChI is InChI=1S/C11H13F2NOS/c1-11(2,3)16(15)14-7-8-4-5-9(12)6-10(8)13/h4-7H,1-3H3/t16-/m0/s1. The second-order valence-corrected chi connectivity index (χ2v) is 6.20. The van der Waals surface area contributed by atoms with Crippen LogP contribution in [0.4, 0.5) is 8.78 Å². The fraction of sp³-hybridized carbons (Fsp3) is 0.364. The van der Waals surface area contributed by atoms with E-state index < -0.39 is 27.4 Å². The highest BCUT2D eigenvalue weighted by atomic mass is 32.2. The van der Waals surface area contributed by atoms with Crippen LogP contribution < -0.4 is 0 Å².